The quantitative estimate of drug-likeness (QED) is 0.656. The van der Waals surface area contributed by atoms with Gasteiger partial charge in [0.25, 0.3) is 5.91 Å². The zero-order chi connectivity index (χ0) is 15.1. The van der Waals surface area contributed by atoms with Crippen molar-refractivity contribution in [2.24, 2.45) is 4.99 Å². The van der Waals surface area contributed by atoms with Crippen LogP contribution in [0.1, 0.15) is 12.5 Å². The van der Waals surface area contributed by atoms with Gasteiger partial charge in [-0.25, -0.2) is 9.79 Å². The van der Waals surface area contributed by atoms with Gasteiger partial charge in [-0.05, 0) is 12.5 Å². The molecule has 0 aliphatic rings. The molecule has 20 heavy (non-hydrogen) atoms. The monoisotopic (exact) mass is 277 g/mol. The lowest BCUT2D eigenvalue weighted by molar-refractivity contribution is -0.122. The van der Waals surface area contributed by atoms with Gasteiger partial charge in [-0.2, -0.15) is 0 Å². The fraction of sp³-hybridized carbons (Fsp3) is 0.357. The minimum absolute atomic E-state index is 0.153. The molecule has 0 bridgehead atoms. The summed E-state index contributed by atoms with van der Waals surface area (Å²) in [5, 5.41) is 9.24. The summed E-state index contributed by atoms with van der Waals surface area (Å²) in [6.07, 6.45) is 0.219. The summed E-state index contributed by atoms with van der Waals surface area (Å²) in [7, 11) is 3.47. The molecule has 6 nitrogen and oxygen atoms in total. The van der Waals surface area contributed by atoms with Crippen molar-refractivity contribution in [3.63, 3.8) is 0 Å². The van der Waals surface area contributed by atoms with Gasteiger partial charge >= 0.3 is 6.09 Å². The molecule has 1 unspecified atom stereocenters. The number of aliphatic imine (C=N–C) groups is 1. The van der Waals surface area contributed by atoms with E-state index >= 15 is 0 Å². The maximum Gasteiger partial charge on any atom is 0.408 e. The van der Waals surface area contributed by atoms with Crippen molar-refractivity contribution in [2.75, 3.05) is 14.1 Å². The van der Waals surface area contributed by atoms with Crippen LogP contribution >= 0.6 is 0 Å². The van der Waals surface area contributed by atoms with Gasteiger partial charge in [0.15, 0.2) is 0 Å². The number of carbonyl (C=O) groups is 2. The highest BCUT2D eigenvalue weighted by Crippen LogP contribution is 2.09. The Balaban J connectivity index is 2.80. The Morgan fingerprint density at radius 3 is 2.40 bits per heavy atom. The van der Waals surface area contributed by atoms with Crippen molar-refractivity contribution in [2.45, 2.75) is 19.5 Å². The predicted molar refractivity (Wildman–Crippen MR) is 76.7 cm³/mol. The highest BCUT2D eigenvalue weighted by Gasteiger charge is 2.25. The Morgan fingerprint density at radius 2 is 1.90 bits per heavy atom. The number of carbonyl (C=O) groups excluding carboxylic acids is 1. The van der Waals surface area contributed by atoms with Crippen molar-refractivity contribution in [3.8, 4) is 0 Å². The van der Waals surface area contributed by atoms with E-state index in [0.717, 1.165) is 10.5 Å². The van der Waals surface area contributed by atoms with E-state index in [0.29, 0.717) is 0 Å². The van der Waals surface area contributed by atoms with E-state index in [9.17, 15) is 14.7 Å². The largest absolute Gasteiger partial charge is 0.465 e. The van der Waals surface area contributed by atoms with Crippen LogP contribution in [0.15, 0.2) is 35.3 Å². The molecule has 0 aliphatic carbocycles. The minimum atomic E-state index is -1.14. The normalized spacial score (nSPS) is 12.2. The molecule has 0 spiro atoms. The van der Waals surface area contributed by atoms with Crippen LogP contribution in [0.5, 0.6) is 0 Å². The maximum atomic E-state index is 11.9. The molecule has 0 aliphatic heterocycles. The lowest BCUT2D eigenvalue weighted by Gasteiger charge is -2.24. The van der Waals surface area contributed by atoms with Gasteiger partial charge in [0, 0.05) is 20.6 Å². The summed E-state index contributed by atoms with van der Waals surface area (Å²) in [6.45, 7) is 1.69. The first kappa shape index (κ1) is 15.7. The molecule has 1 N–H and O–H groups in total. The number of rotatable bonds is 5. The summed E-state index contributed by atoms with van der Waals surface area (Å²) in [5.41, 5.74) is 0.825. The molecular formula is C14H19N3O3. The SMILES string of the molecule is CC(C(=O)/N=C/N(C)C)N(Cc1ccccc1)C(=O)O. The van der Waals surface area contributed by atoms with Crippen molar-refractivity contribution in [3.05, 3.63) is 35.9 Å². The average Bonchev–Trinajstić information content (AvgIpc) is 2.42. The predicted octanol–water partition coefficient (Wildman–Crippen LogP) is 1.67. The smallest absolute Gasteiger partial charge is 0.408 e. The highest BCUT2D eigenvalue weighted by atomic mass is 16.4. The van der Waals surface area contributed by atoms with Crippen LogP contribution < -0.4 is 0 Å². The summed E-state index contributed by atoms with van der Waals surface area (Å²) in [6, 6.07) is 8.30. The molecule has 1 rings (SSSR count). The molecular weight excluding hydrogens is 258 g/mol. The van der Waals surface area contributed by atoms with Gasteiger partial charge in [0.2, 0.25) is 0 Å². The molecule has 6 heteroatoms. The van der Waals surface area contributed by atoms with E-state index in [1.807, 2.05) is 30.3 Å². The molecule has 0 radical (unpaired) electrons. The first-order valence-electron chi connectivity index (χ1n) is 6.19. The third kappa shape index (κ3) is 4.72. The average molecular weight is 277 g/mol. The molecule has 1 atom stereocenters. The fourth-order valence-electron chi connectivity index (χ4n) is 1.56. The number of amides is 2. The first-order valence-corrected chi connectivity index (χ1v) is 6.19. The second kappa shape index (κ2) is 7.28. The second-order valence-corrected chi connectivity index (χ2v) is 4.62. The van der Waals surface area contributed by atoms with Crippen LogP contribution in [0.2, 0.25) is 0 Å². The van der Waals surface area contributed by atoms with Gasteiger partial charge < -0.3 is 10.0 Å². The molecule has 2 amide bonds. The Bertz CT molecular complexity index is 486. The lowest BCUT2D eigenvalue weighted by atomic mass is 10.2. The number of hydrogen-bond acceptors (Lipinski definition) is 2. The molecule has 0 fully saturated rings. The lowest BCUT2D eigenvalue weighted by Crippen LogP contribution is -2.41. The van der Waals surface area contributed by atoms with Gasteiger partial charge in [-0.3, -0.25) is 9.69 Å². The standard InChI is InChI=1S/C14H19N3O3/c1-11(13(18)15-10-16(2)3)17(14(19)20)9-12-7-5-4-6-8-12/h4-8,10-11H,9H2,1-3H3,(H,19,20)/b15-10+. The summed E-state index contributed by atoms with van der Waals surface area (Å²) >= 11 is 0. The van der Waals surface area contributed by atoms with Crippen molar-refractivity contribution in [1.82, 2.24) is 9.80 Å². The summed E-state index contributed by atoms with van der Waals surface area (Å²) in [5.74, 6) is -0.489. The summed E-state index contributed by atoms with van der Waals surface area (Å²) < 4.78 is 0. The van der Waals surface area contributed by atoms with E-state index in [-0.39, 0.29) is 6.54 Å². The zero-order valence-corrected chi connectivity index (χ0v) is 11.9. The van der Waals surface area contributed by atoms with Crippen molar-refractivity contribution >= 4 is 18.3 Å². The van der Waals surface area contributed by atoms with E-state index in [1.165, 1.54) is 13.3 Å². The van der Waals surface area contributed by atoms with E-state index < -0.39 is 18.0 Å². The number of benzene rings is 1. The number of hydrogen-bond donors (Lipinski definition) is 1. The van der Waals surface area contributed by atoms with E-state index in [4.69, 9.17) is 0 Å². The molecule has 1 aromatic rings. The Hall–Kier alpha value is -2.37. The van der Waals surface area contributed by atoms with Crippen LogP contribution in [-0.4, -0.2) is 53.4 Å². The third-order valence-electron chi connectivity index (χ3n) is 2.68. The second-order valence-electron chi connectivity index (χ2n) is 4.62. The van der Waals surface area contributed by atoms with Crippen LogP contribution in [0, 0.1) is 0 Å². The Kier molecular flexibility index (Phi) is 5.71. The number of carboxylic acid groups (broad SMARTS) is 1. The van der Waals surface area contributed by atoms with Crippen LogP contribution in [0.3, 0.4) is 0 Å². The highest BCUT2D eigenvalue weighted by molar-refractivity contribution is 5.90. The van der Waals surface area contributed by atoms with Crippen LogP contribution in [-0.2, 0) is 11.3 Å². The van der Waals surface area contributed by atoms with Gasteiger partial charge in [-0.1, -0.05) is 30.3 Å². The minimum Gasteiger partial charge on any atom is -0.465 e. The zero-order valence-electron chi connectivity index (χ0n) is 11.9. The molecule has 0 aromatic heterocycles. The molecule has 1 aromatic carbocycles. The van der Waals surface area contributed by atoms with E-state index in [2.05, 4.69) is 4.99 Å². The Morgan fingerprint density at radius 1 is 1.30 bits per heavy atom. The van der Waals surface area contributed by atoms with Gasteiger partial charge in [-0.15, -0.1) is 0 Å². The molecule has 0 saturated heterocycles. The third-order valence-corrected chi connectivity index (χ3v) is 2.68. The molecule has 0 heterocycles. The van der Waals surface area contributed by atoms with Crippen molar-refractivity contribution < 1.29 is 14.7 Å². The maximum absolute atomic E-state index is 11.9. The summed E-state index contributed by atoms with van der Waals surface area (Å²) in [4.78, 5) is 29.6. The Labute approximate surface area is 118 Å². The van der Waals surface area contributed by atoms with Gasteiger partial charge in [0.05, 0.1) is 6.34 Å². The molecule has 108 valence electrons. The fourth-order valence-corrected chi connectivity index (χ4v) is 1.56. The topological polar surface area (TPSA) is 73.2 Å². The van der Waals surface area contributed by atoms with Crippen molar-refractivity contribution in [1.29, 1.82) is 0 Å². The van der Waals surface area contributed by atoms with E-state index in [1.54, 1.807) is 19.0 Å². The van der Waals surface area contributed by atoms with Crippen LogP contribution in [0.25, 0.3) is 0 Å². The number of nitrogens with zero attached hydrogens (tertiary/aromatic N) is 3. The van der Waals surface area contributed by atoms with Crippen LogP contribution in [0.4, 0.5) is 4.79 Å². The van der Waals surface area contributed by atoms with Gasteiger partial charge in [0.1, 0.15) is 6.04 Å². The molecule has 0 saturated carbocycles. The first-order chi connectivity index (χ1) is 9.41.